The van der Waals surface area contributed by atoms with Crippen LogP contribution < -0.4 is 5.32 Å². The molecular formula is C19H22N4O3S2. The third kappa shape index (κ3) is 4.54. The monoisotopic (exact) mass is 418 g/mol. The van der Waals surface area contributed by atoms with Gasteiger partial charge < -0.3 is 10.3 Å². The molecule has 0 saturated carbocycles. The highest BCUT2D eigenvalue weighted by atomic mass is 32.2. The van der Waals surface area contributed by atoms with Gasteiger partial charge in [-0.05, 0) is 36.4 Å². The second kappa shape index (κ2) is 8.76. The van der Waals surface area contributed by atoms with E-state index in [9.17, 15) is 13.2 Å². The number of aromatic nitrogens is 2. The number of hydrogen-bond donors (Lipinski definition) is 2. The Hall–Kier alpha value is -2.36. The molecule has 9 heteroatoms. The number of thioether (sulfide) groups is 1. The van der Waals surface area contributed by atoms with Gasteiger partial charge in [-0.3, -0.25) is 4.79 Å². The van der Waals surface area contributed by atoms with E-state index in [-0.39, 0.29) is 16.6 Å². The van der Waals surface area contributed by atoms with Crippen LogP contribution >= 0.6 is 11.8 Å². The van der Waals surface area contributed by atoms with E-state index in [2.05, 4.69) is 15.3 Å². The third-order valence-electron chi connectivity index (χ3n) is 4.19. The van der Waals surface area contributed by atoms with Crippen LogP contribution in [0, 0.1) is 0 Å². The molecule has 0 atom stereocenters. The lowest BCUT2D eigenvalue weighted by atomic mass is 10.3. The number of fused-ring (bicyclic) bond motifs is 1. The Morgan fingerprint density at radius 1 is 1.11 bits per heavy atom. The number of carbonyl (C=O) groups excluding carboxylic acids is 1. The summed E-state index contributed by atoms with van der Waals surface area (Å²) >= 11 is 1.31. The Bertz CT molecular complexity index is 1030. The van der Waals surface area contributed by atoms with E-state index in [1.165, 1.54) is 28.2 Å². The predicted molar refractivity (Wildman–Crippen MR) is 112 cm³/mol. The van der Waals surface area contributed by atoms with E-state index in [1.54, 1.807) is 26.0 Å². The van der Waals surface area contributed by atoms with Crippen LogP contribution in [0.3, 0.4) is 0 Å². The lowest BCUT2D eigenvalue weighted by Crippen LogP contribution is -2.30. The molecule has 3 rings (SSSR count). The highest BCUT2D eigenvalue weighted by Crippen LogP contribution is 2.21. The number of amides is 1. The first-order chi connectivity index (χ1) is 13.4. The second-order valence-corrected chi connectivity index (χ2v) is 8.91. The highest BCUT2D eigenvalue weighted by molar-refractivity contribution is 7.99. The number of sulfonamides is 1. The fourth-order valence-electron chi connectivity index (χ4n) is 2.75. The summed E-state index contributed by atoms with van der Waals surface area (Å²) in [5.74, 6) is 0.00377. The molecule has 2 N–H and O–H groups in total. The van der Waals surface area contributed by atoms with E-state index >= 15 is 0 Å². The fraction of sp³-hybridized carbons (Fsp3) is 0.263. The Morgan fingerprint density at radius 3 is 2.43 bits per heavy atom. The minimum atomic E-state index is -3.50. The van der Waals surface area contributed by atoms with Crippen LogP contribution in [-0.2, 0) is 14.8 Å². The smallest absolute Gasteiger partial charge is 0.243 e. The van der Waals surface area contributed by atoms with Gasteiger partial charge in [0, 0.05) is 18.8 Å². The number of H-pyrrole nitrogens is 1. The summed E-state index contributed by atoms with van der Waals surface area (Å²) in [5, 5.41) is 3.45. The number of aromatic amines is 1. The SMILES string of the molecule is CCN(CC)S(=O)(=O)c1ccc(NC(=O)CSc2nc3ccccc3[nH]2)cc1. The zero-order valence-corrected chi connectivity index (χ0v) is 17.3. The van der Waals surface area contributed by atoms with E-state index in [4.69, 9.17) is 0 Å². The molecule has 0 saturated heterocycles. The normalized spacial score (nSPS) is 11.8. The Morgan fingerprint density at radius 2 is 1.79 bits per heavy atom. The molecule has 1 aromatic heterocycles. The van der Waals surface area contributed by atoms with Gasteiger partial charge in [0.05, 0.1) is 21.7 Å². The summed E-state index contributed by atoms with van der Waals surface area (Å²) < 4.78 is 26.4. The summed E-state index contributed by atoms with van der Waals surface area (Å²) in [6.45, 7) is 4.43. The van der Waals surface area contributed by atoms with Crippen molar-refractivity contribution in [2.45, 2.75) is 23.9 Å². The lowest BCUT2D eigenvalue weighted by molar-refractivity contribution is -0.113. The number of anilines is 1. The van der Waals surface area contributed by atoms with Crippen molar-refractivity contribution in [3.05, 3.63) is 48.5 Å². The maximum absolute atomic E-state index is 12.5. The number of imidazole rings is 1. The van der Waals surface area contributed by atoms with Crippen LogP contribution in [0.25, 0.3) is 11.0 Å². The second-order valence-electron chi connectivity index (χ2n) is 6.01. The number of nitrogens with zero attached hydrogens (tertiary/aromatic N) is 2. The predicted octanol–water partition coefficient (Wildman–Crippen LogP) is 3.32. The molecule has 7 nitrogen and oxygen atoms in total. The van der Waals surface area contributed by atoms with Gasteiger partial charge in [-0.2, -0.15) is 4.31 Å². The van der Waals surface area contributed by atoms with Gasteiger partial charge in [0.25, 0.3) is 0 Å². The van der Waals surface area contributed by atoms with Gasteiger partial charge in [-0.15, -0.1) is 0 Å². The molecule has 0 unspecified atom stereocenters. The molecule has 3 aromatic rings. The average Bonchev–Trinajstić information content (AvgIpc) is 3.10. The van der Waals surface area contributed by atoms with Crippen molar-refractivity contribution < 1.29 is 13.2 Å². The molecule has 0 spiro atoms. The van der Waals surface area contributed by atoms with Gasteiger partial charge in [-0.25, -0.2) is 13.4 Å². The molecule has 0 aliphatic rings. The van der Waals surface area contributed by atoms with Crippen LogP contribution in [-0.4, -0.2) is 47.4 Å². The van der Waals surface area contributed by atoms with Crippen molar-refractivity contribution in [3.8, 4) is 0 Å². The first-order valence-electron chi connectivity index (χ1n) is 8.91. The Labute approximate surface area is 168 Å². The summed E-state index contributed by atoms with van der Waals surface area (Å²) in [4.78, 5) is 20.0. The zero-order chi connectivity index (χ0) is 20.1. The van der Waals surface area contributed by atoms with Crippen LogP contribution in [0.4, 0.5) is 5.69 Å². The summed E-state index contributed by atoms with van der Waals surface area (Å²) in [6, 6.07) is 13.9. The number of carbonyl (C=O) groups is 1. The molecule has 2 aromatic carbocycles. The standard InChI is InChI=1S/C19H22N4O3S2/c1-3-23(4-2)28(25,26)15-11-9-14(10-12-15)20-18(24)13-27-19-21-16-7-5-6-8-17(16)22-19/h5-12H,3-4,13H2,1-2H3,(H,20,24)(H,21,22). The number of hydrogen-bond acceptors (Lipinski definition) is 5. The molecule has 0 bridgehead atoms. The van der Waals surface area contributed by atoms with Gasteiger partial charge >= 0.3 is 0 Å². The Kier molecular flexibility index (Phi) is 6.38. The molecule has 1 heterocycles. The Balaban J connectivity index is 1.59. The summed E-state index contributed by atoms with van der Waals surface area (Å²) in [7, 11) is -3.50. The summed E-state index contributed by atoms with van der Waals surface area (Å²) in [6.07, 6.45) is 0. The number of nitrogens with one attached hydrogen (secondary N) is 2. The minimum absolute atomic E-state index is 0.190. The number of para-hydroxylation sites is 2. The number of rotatable bonds is 8. The molecule has 1 amide bonds. The van der Waals surface area contributed by atoms with Crippen molar-refractivity contribution >= 4 is 44.4 Å². The van der Waals surface area contributed by atoms with Gasteiger partial charge in [0.1, 0.15) is 0 Å². The maximum atomic E-state index is 12.5. The van der Waals surface area contributed by atoms with Gasteiger partial charge in [0.2, 0.25) is 15.9 Å². The van der Waals surface area contributed by atoms with E-state index < -0.39 is 10.0 Å². The van der Waals surface area contributed by atoms with Gasteiger partial charge in [-0.1, -0.05) is 37.7 Å². The first-order valence-corrected chi connectivity index (χ1v) is 11.3. The van der Waals surface area contributed by atoms with E-state index in [1.807, 2.05) is 24.3 Å². The largest absolute Gasteiger partial charge is 0.333 e. The van der Waals surface area contributed by atoms with Crippen LogP contribution in [0.2, 0.25) is 0 Å². The van der Waals surface area contributed by atoms with Crippen molar-refractivity contribution in [1.29, 1.82) is 0 Å². The van der Waals surface area contributed by atoms with Crippen LogP contribution in [0.15, 0.2) is 58.6 Å². The van der Waals surface area contributed by atoms with E-state index in [0.29, 0.717) is 23.9 Å². The topological polar surface area (TPSA) is 95.2 Å². The maximum Gasteiger partial charge on any atom is 0.243 e. The molecule has 0 aliphatic heterocycles. The third-order valence-corrected chi connectivity index (χ3v) is 7.13. The van der Waals surface area contributed by atoms with Crippen molar-refractivity contribution in [2.75, 3.05) is 24.2 Å². The minimum Gasteiger partial charge on any atom is -0.333 e. The molecule has 0 radical (unpaired) electrons. The van der Waals surface area contributed by atoms with Crippen LogP contribution in [0.5, 0.6) is 0 Å². The van der Waals surface area contributed by atoms with Crippen molar-refractivity contribution in [2.24, 2.45) is 0 Å². The molecule has 28 heavy (non-hydrogen) atoms. The molecule has 0 aliphatic carbocycles. The fourth-order valence-corrected chi connectivity index (χ4v) is 4.89. The molecule has 0 fully saturated rings. The highest BCUT2D eigenvalue weighted by Gasteiger charge is 2.21. The summed E-state index contributed by atoms with van der Waals surface area (Å²) in [5.41, 5.74) is 2.33. The van der Waals surface area contributed by atoms with Crippen molar-refractivity contribution in [1.82, 2.24) is 14.3 Å². The first kappa shape index (κ1) is 20.4. The van der Waals surface area contributed by atoms with Gasteiger partial charge in [0.15, 0.2) is 5.16 Å². The molecule has 148 valence electrons. The van der Waals surface area contributed by atoms with Crippen molar-refractivity contribution in [3.63, 3.8) is 0 Å². The van der Waals surface area contributed by atoms with Crippen LogP contribution in [0.1, 0.15) is 13.8 Å². The van der Waals surface area contributed by atoms with E-state index in [0.717, 1.165) is 11.0 Å². The molecular weight excluding hydrogens is 396 g/mol. The lowest BCUT2D eigenvalue weighted by Gasteiger charge is -2.18. The average molecular weight is 419 g/mol. The quantitative estimate of drug-likeness (QED) is 0.547. The zero-order valence-electron chi connectivity index (χ0n) is 15.7. The number of benzene rings is 2.